The lowest BCUT2D eigenvalue weighted by molar-refractivity contribution is -0.385. The zero-order valence-corrected chi connectivity index (χ0v) is 9.85. The average Bonchev–Trinajstić information content (AvgIpc) is 2.20. The van der Waals surface area contributed by atoms with Gasteiger partial charge < -0.3 is 10.5 Å². The third-order valence-electron chi connectivity index (χ3n) is 1.72. The van der Waals surface area contributed by atoms with E-state index in [9.17, 15) is 14.9 Å². The van der Waals surface area contributed by atoms with Crippen LogP contribution in [-0.2, 0) is 4.74 Å². The Morgan fingerprint density at radius 3 is 2.67 bits per heavy atom. The fraction of sp³-hybridized carbons (Fsp3) is 0.125. The molecule has 7 heteroatoms. The zero-order chi connectivity index (χ0) is 11.6. The lowest BCUT2D eigenvalue weighted by Crippen LogP contribution is -2.07. The summed E-state index contributed by atoms with van der Waals surface area (Å²) in [5.74, 6) is -0.750. The van der Waals surface area contributed by atoms with Crippen LogP contribution in [0.25, 0.3) is 0 Å². The standard InChI is InChI=1S/C8H7IN2O4/c1-15-8(12)4-2-5(9)6(10)3-7(4)11(13)14/h2-3H,10H2,1H3. The van der Waals surface area contributed by atoms with Crippen LogP contribution in [0.15, 0.2) is 12.1 Å². The first kappa shape index (κ1) is 11.7. The number of methoxy groups -OCH3 is 1. The molecule has 0 fully saturated rings. The number of nitro groups is 1. The van der Waals surface area contributed by atoms with Gasteiger partial charge in [-0.05, 0) is 28.7 Å². The summed E-state index contributed by atoms with van der Waals surface area (Å²) in [7, 11) is 1.16. The summed E-state index contributed by atoms with van der Waals surface area (Å²) in [5, 5.41) is 10.6. The molecule has 0 unspecified atom stereocenters. The van der Waals surface area contributed by atoms with Gasteiger partial charge in [-0.3, -0.25) is 10.1 Å². The summed E-state index contributed by atoms with van der Waals surface area (Å²) in [5.41, 5.74) is 5.32. The molecule has 0 aliphatic carbocycles. The van der Waals surface area contributed by atoms with Crippen LogP contribution in [0.1, 0.15) is 10.4 Å². The number of rotatable bonds is 2. The molecule has 1 aromatic rings. The molecule has 0 aliphatic heterocycles. The number of carbonyl (C=O) groups excluding carboxylic acids is 1. The Labute approximate surface area is 98.7 Å². The number of nitrogens with two attached hydrogens (primary N) is 1. The lowest BCUT2D eigenvalue weighted by Gasteiger charge is -2.03. The maximum Gasteiger partial charge on any atom is 0.344 e. The molecule has 0 atom stereocenters. The minimum absolute atomic E-state index is 0.0962. The fourth-order valence-corrected chi connectivity index (χ4v) is 1.47. The van der Waals surface area contributed by atoms with Gasteiger partial charge >= 0.3 is 5.97 Å². The number of hydrogen-bond acceptors (Lipinski definition) is 5. The molecule has 0 saturated heterocycles. The van der Waals surface area contributed by atoms with Crippen molar-refractivity contribution >= 4 is 39.9 Å². The molecule has 6 nitrogen and oxygen atoms in total. The molecule has 2 N–H and O–H groups in total. The van der Waals surface area contributed by atoms with Crippen molar-refractivity contribution in [2.75, 3.05) is 12.8 Å². The van der Waals surface area contributed by atoms with Crippen LogP contribution in [0.3, 0.4) is 0 Å². The highest BCUT2D eigenvalue weighted by Crippen LogP contribution is 2.26. The van der Waals surface area contributed by atoms with Gasteiger partial charge in [0.2, 0.25) is 0 Å². The van der Waals surface area contributed by atoms with Crippen LogP contribution >= 0.6 is 22.6 Å². The molecule has 0 amide bonds. The fourth-order valence-electron chi connectivity index (χ4n) is 1.00. The second kappa shape index (κ2) is 4.43. The van der Waals surface area contributed by atoms with Crippen LogP contribution in [0, 0.1) is 13.7 Å². The Kier molecular flexibility index (Phi) is 3.45. The number of esters is 1. The molecule has 15 heavy (non-hydrogen) atoms. The molecule has 0 aliphatic rings. The quantitative estimate of drug-likeness (QED) is 0.293. The minimum atomic E-state index is -0.750. The van der Waals surface area contributed by atoms with E-state index in [4.69, 9.17) is 5.73 Å². The van der Waals surface area contributed by atoms with Crippen molar-refractivity contribution in [3.8, 4) is 0 Å². The maximum atomic E-state index is 11.2. The van der Waals surface area contributed by atoms with Crippen molar-refractivity contribution < 1.29 is 14.5 Å². The Morgan fingerprint density at radius 1 is 1.60 bits per heavy atom. The number of anilines is 1. The minimum Gasteiger partial charge on any atom is -0.465 e. The highest BCUT2D eigenvalue weighted by molar-refractivity contribution is 14.1. The highest BCUT2D eigenvalue weighted by atomic mass is 127. The van der Waals surface area contributed by atoms with E-state index >= 15 is 0 Å². The molecule has 0 aromatic heterocycles. The van der Waals surface area contributed by atoms with E-state index in [-0.39, 0.29) is 16.9 Å². The van der Waals surface area contributed by atoms with Crippen molar-refractivity contribution in [3.63, 3.8) is 0 Å². The van der Waals surface area contributed by atoms with Crippen LogP contribution in [0.2, 0.25) is 0 Å². The summed E-state index contributed by atoms with van der Waals surface area (Å²) in [6, 6.07) is 2.48. The smallest absolute Gasteiger partial charge is 0.344 e. The topological polar surface area (TPSA) is 95.5 Å². The van der Waals surface area contributed by atoms with Gasteiger partial charge in [-0.1, -0.05) is 0 Å². The summed E-state index contributed by atoms with van der Waals surface area (Å²) >= 11 is 1.88. The van der Waals surface area contributed by atoms with E-state index in [2.05, 4.69) is 4.74 Å². The molecule has 0 saturated carbocycles. The van der Waals surface area contributed by atoms with Crippen LogP contribution in [-0.4, -0.2) is 18.0 Å². The van der Waals surface area contributed by atoms with Crippen molar-refractivity contribution in [3.05, 3.63) is 31.4 Å². The number of hydrogen-bond donors (Lipinski definition) is 1. The molecule has 0 heterocycles. The van der Waals surface area contributed by atoms with Gasteiger partial charge in [0.15, 0.2) is 0 Å². The zero-order valence-electron chi connectivity index (χ0n) is 7.69. The van der Waals surface area contributed by atoms with E-state index in [1.165, 1.54) is 6.07 Å². The number of benzene rings is 1. The van der Waals surface area contributed by atoms with Gasteiger partial charge in [0.05, 0.1) is 17.7 Å². The molecule has 80 valence electrons. The first-order valence-corrected chi connectivity index (χ1v) is 4.87. The number of ether oxygens (including phenoxy) is 1. The van der Waals surface area contributed by atoms with Gasteiger partial charge in [0.25, 0.3) is 5.69 Å². The van der Waals surface area contributed by atoms with Crippen LogP contribution in [0.4, 0.5) is 11.4 Å². The third kappa shape index (κ3) is 2.35. The third-order valence-corrected chi connectivity index (χ3v) is 2.65. The van der Waals surface area contributed by atoms with E-state index in [1.807, 2.05) is 22.6 Å². The number of halogens is 1. The lowest BCUT2D eigenvalue weighted by atomic mass is 10.1. The van der Waals surface area contributed by atoms with Gasteiger partial charge in [-0.2, -0.15) is 0 Å². The van der Waals surface area contributed by atoms with Crippen molar-refractivity contribution in [1.29, 1.82) is 0 Å². The second-order valence-electron chi connectivity index (χ2n) is 2.64. The first-order chi connectivity index (χ1) is 6.97. The predicted octanol–water partition coefficient (Wildman–Crippen LogP) is 1.57. The highest BCUT2D eigenvalue weighted by Gasteiger charge is 2.22. The van der Waals surface area contributed by atoms with E-state index < -0.39 is 10.9 Å². The molecular weight excluding hydrogens is 315 g/mol. The van der Waals surface area contributed by atoms with Gasteiger partial charge in [0.1, 0.15) is 5.56 Å². The second-order valence-corrected chi connectivity index (χ2v) is 3.80. The maximum absolute atomic E-state index is 11.2. The number of carbonyl (C=O) groups is 1. The van der Waals surface area contributed by atoms with Crippen molar-refractivity contribution in [2.45, 2.75) is 0 Å². The van der Waals surface area contributed by atoms with Gasteiger partial charge in [-0.25, -0.2) is 4.79 Å². The largest absolute Gasteiger partial charge is 0.465 e. The average molecular weight is 322 g/mol. The molecule has 0 spiro atoms. The molecular formula is C8H7IN2O4. The van der Waals surface area contributed by atoms with E-state index in [1.54, 1.807) is 0 Å². The first-order valence-electron chi connectivity index (χ1n) is 3.79. The molecule has 1 rings (SSSR count). The number of nitro benzene ring substituents is 1. The summed E-state index contributed by atoms with van der Waals surface area (Å²) in [6.07, 6.45) is 0. The molecule has 0 radical (unpaired) electrons. The molecule has 0 bridgehead atoms. The predicted molar refractivity (Wildman–Crippen MR) is 61.6 cm³/mol. The van der Waals surface area contributed by atoms with Gasteiger partial charge in [-0.15, -0.1) is 0 Å². The summed E-state index contributed by atoms with van der Waals surface area (Å²) < 4.78 is 5.00. The van der Waals surface area contributed by atoms with Crippen molar-refractivity contribution in [1.82, 2.24) is 0 Å². The SMILES string of the molecule is COC(=O)c1cc(I)c(N)cc1[N+](=O)[O-]. The Balaban J connectivity index is 3.41. The Hall–Kier alpha value is -1.38. The van der Waals surface area contributed by atoms with Crippen LogP contribution in [0.5, 0.6) is 0 Å². The number of nitrogens with zero attached hydrogens (tertiary/aromatic N) is 1. The Morgan fingerprint density at radius 2 is 2.20 bits per heavy atom. The summed E-state index contributed by atoms with van der Waals surface area (Å²) in [6.45, 7) is 0. The Bertz CT molecular complexity index is 433. The van der Waals surface area contributed by atoms with E-state index in [0.717, 1.165) is 13.2 Å². The van der Waals surface area contributed by atoms with Crippen LogP contribution < -0.4 is 5.73 Å². The summed E-state index contributed by atoms with van der Waals surface area (Å²) in [4.78, 5) is 21.2. The van der Waals surface area contributed by atoms with Crippen molar-refractivity contribution in [2.24, 2.45) is 0 Å². The monoisotopic (exact) mass is 322 g/mol. The molecule has 1 aromatic carbocycles. The van der Waals surface area contributed by atoms with Gasteiger partial charge in [0, 0.05) is 9.64 Å². The number of nitrogen functional groups attached to an aromatic ring is 1. The normalized spacial score (nSPS) is 9.73. The van der Waals surface area contributed by atoms with E-state index in [0.29, 0.717) is 3.57 Å².